The molecule has 1 amide bonds. The van der Waals surface area contributed by atoms with Crippen LogP contribution in [0.4, 0.5) is 0 Å². The molecule has 1 aliphatic carbocycles. The lowest BCUT2D eigenvalue weighted by atomic mass is 9.97. The zero-order valence-electron chi connectivity index (χ0n) is 23.5. The number of nitrogens with one attached hydrogen (secondary N) is 1. The van der Waals surface area contributed by atoms with Crippen LogP contribution >= 0.6 is 0 Å². The molecule has 1 aromatic carbocycles. The van der Waals surface area contributed by atoms with E-state index in [1.54, 1.807) is 9.58 Å². The van der Waals surface area contributed by atoms with Gasteiger partial charge < -0.3 is 19.7 Å². The molecule has 210 valence electrons. The topological polar surface area (TPSA) is 103 Å². The molecule has 9 nitrogen and oxygen atoms in total. The maximum atomic E-state index is 13.9. The first-order chi connectivity index (χ1) is 18.7. The second-order valence-electron chi connectivity index (χ2n) is 11.6. The van der Waals surface area contributed by atoms with Crippen molar-refractivity contribution < 1.29 is 23.9 Å². The summed E-state index contributed by atoms with van der Waals surface area (Å²) in [6, 6.07) is 3.40. The molecule has 39 heavy (non-hydrogen) atoms. The summed E-state index contributed by atoms with van der Waals surface area (Å²) in [6.07, 6.45) is 6.87. The lowest BCUT2D eigenvalue weighted by Gasteiger charge is -2.26. The Bertz CT molecular complexity index is 1300. The molecule has 3 aliphatic rings. The lowest BCUT2D eigenvalue weighted by molar-refractivity contribution is -0.139. The number of hydrogen-bond acceptors (Lipinski definition) is 7. The van der Waals surface area contributed by atoms with Gasteiger partial charge in [0.15, 0.2) is 11.6 Å². The largest absolute Gasteiger partial charge is 0.493 e. The van der Waals surface area contributed by atoms with Crippen LogP contribution in [-0.2, 0) is 27.4 Å². The molecule has 0 unspecified atom stereocenters. The highest BCUT2D eigenvalue weighted by Gasteiger charge is 2.66. The number of aromatic nitrogens is 2. The molecule has 2 aliphatic heterocycles. The third-order valence-corrected chi connectivity index (χ3v) is 8.10. The Morgan fingerprint density at radius 2 is 2.08 bits per heavy atom. The number of nitrogens with zero attached hydrogens (tertiary/aromatic N) is 3. The van der Waals surface area contributed by atoms with Crippen molar-refractivity contribution in [3.05, 3.63) is 35.5 Å². The second-order valence-corrected chi connectivity index (χ2v) is 11.6. The van der Waals surface area contributed by atoms with Gasteiger partial charge in [0.2, 0.25) is 5.91 Å². The normalized spacial score (nSPS) is 26.4. The zero-order valence-corrected chi connectivity index (χ0v) is 23.5. The van der Waals surface area contributed by atoms with Gasteiger partial charge >= 0.3 is 0 Å². The SMILES string of the molecule is CCC(=O)[C@@H]1C[C@]23COC/C=C\CCNCc4cc(OCC(C)C)cc5c(C(C)=O)nn(c45)CC(=O)N1[C@@H]2C3. The Morgan fingerprint density at radius 3 is 2.82 bits per heavy atom. The molecule has 1 saturated carbocycles. The summed E-state index contributed by atoms with van der Waals surface area (Å²) in [4.78, 5) is 41.3. The van der Waals surface area contributed by atoms with Crippen molar-refractivity contribution >= 4 is 28.4 Å². The molecular formula is C30H40N4O5. The third kappa shape index (κ3) is 5.52. The number of carbonyl (C=O) groups excluding carboxylic acids is 3. The number of ether oxygens (including phenoxy) is 2. The van der Waals surface area contributed by atoms with E-state index in [4.69, 9.17) is 9.47 Å². The van der Waals surface area contributed by atoms with Crippen LogP contribution in [0.3, 0.4) is 0 Å². The van der Waals surface area contributed by atoms with E-state index in [0.717, 1.165) is 30.5 Å². The molecule has 1 aromatic heterocycles. The van der Waals surface area contributed by atoms with Crippen LogP contribution in [0.15, 0.2) is 24.3 Å². The highest BCUT2D eigenvalue weighted by molar-refractivity contribution is 6.06. The van der Waals surface area contributed by atoms with Gasteiger partial charge in [0.25, 0.3) is 0 Å². The number of hydrogen-bond donors (Lipinski definition) is 1. The van der Waals surface area contributed by atoms with Gasteiger partial charge in [-0.25, -0.2) is 0 Å². The van der Waals surface area contributed by atoms with Gasteiger partial charge in [0.05, 0.1) is 31.4 Å². The van der Waals surface area contributed by atoms with Gasteiger partial charge in [-0.2, -0.15) is 5.10 Å². The highest BCUT2D eigenvalue weighted by atomic mass is 16.5. The van der Waals surface area contributed by atoms with E-state index in [1.807, 2.05) is 25.1 Å². The number of amides is 1. The minimum absolute atomic E-state index is 0.00330. The number of piperidine rings is 1. The van der Waals surface area contributed by atoms with Crippen molar-refractivity contribution in [3.8, 4) is 5.75 Å². The summed E-state index contributed by atoms with van der Waals surface area (Å²) in [5.74, 6) is 0.795. The number of Topliss-reactive ketones (excluding diaryl/α,β-unsaturated/α-hetero) is 2. The van der Waals surface area contributed by atoms with E-state index in [9.17, 15) is 14.4 Å². The number of rotatable bonds is 6. The van der Waals surface area contributed by atoms with E-state index in [2.05, 4.69) is 30.3 Å². The molecular weight excluding hydrogens is 496 g/mol. The van der Waals surface area contributed by atoms with Crippen molar-refractivity contribution in [2.75, 3.05) is 26.4 Å². The summed E-state index contributed by atoms with van der Waals surface area (Å²) in [7, 11) is 0. The first-order valence-electron chi connectivity index (χ1n) is 14.2. The van der Waals surface area contributed by atoms with Crippen LogP contribution < -0.4 is 10.1 Å². The predicted octanol–water partition coefficient (Wildman–Crippen LogP) is 3.68. The van der Waals surface area contributed by atoms with Crippen LogP contribution in [0, 0.1) is 11.3 Å². The Balaban J connectivity index is 1.56. The van der Waals surface area contributed by atoms with Crippen molar-refractivity contribution in [2.24, 2.45) is 11.3 Å². The molecule has 0 spiro atoms. The first kappa shape index (κ1) is 27.5. The minimum Gasteiger partial charge on any atom is -0.493 e. The molecule has 9 heteroatoms. The summed E-state index contributed by atoms with van der Waals surface area (Å²) in [5, 5.41) is 8.81. The summed E-state index contributed by atoms with van der Waals surface area (Å²) < 4.78 is 13.7. The van der Waals surface area contributed by atoms with Gasteiger partial charge in [0.1, 0.15) is 18.0 Å². The Kier molecular flexibility index (Phi) is 7.91. The van der Waals surface area contributed by atoms with Crippen LogP contribution in [-0.4, -0.2) is 70.6 Å². The van der Waals surface area contributed by atoms with Crippen molar-refractivity contribution in [2.45, 2.75) is 78.6 Å². The number of carbonyl (C=O) groups is 3. The molecule has 2 aromatic rings. The van der Waals surface area contributed by atoms with Gasteiger partial charge in [-0.05, 0) is 49.4 Å². The van der Waals surface area contributed by atoms with Crippen molar-refractivity contribution in [1.29, 1.82) is 0 Å². The van der Waals surface area contributed by atoms with E-state index in [1.165, 1.54) is 6.92 Å². The fourth-order valence-corrected chi connectivity index (χ4v) is 6.07. The zero-order chi connectivity index (χ0) is 27.7. The Hall–Kier alpha value is -3.04. The maximum Gasteiger partial charge on any atom is 0.245 e. The highest BCUT2D eigenvalue weighted by Crippen LogP contribution is 2.60. The standard InChI is InChI=1S/C30H40N4O5/c1-5-25(36)24-13-30-14-26(30)34(24)27(37)16-33-29-21(15-31-9-7-6-8-10-38-18-30)11-22(39-17-19(2)3)12-23(29)28(32-33)20(4)35/h6,8,11-12,19,24,26,31H,5,7,9-10,13-18H2,1-4H3/b8-6-/t24-,26+,30-/m0/s1. The van der Waals surface area contributed by atoms with Crippen LogP contribution in [0.5, 0.6) is 5.75 Å². The monoisotopic (exact) mass is 536 g/mol. The lowest BCUT2D eigenvalue weighted by Crippen LogP contribution is -2.44. The van der Waals surface area contributed by atoms with Gasteiger partial charge in [-0.3, -0.25) is 19.1 Å². The summed E-state index contributed by atoms with van der Waals surface area (Å²) in [6.45, 7) is 10.4. The third-order valence-electron chi connectivity index (χ3n) is 8.10. The van der Waals surface area contributed by atoms with Crippen LogP contribution in [0.25, 0.3) is 10.9 Å². The number of ketones is 2. The fraction of sp³-hybridized carbons (Fsp3) is 0.600. The van der Waals surface area contributed by atoms with Gasteiger partial charge in [-0.1, -0.05) is 32.9 Å². The molecule has 5 rings (SSSR count). The Labute approximate surface area is 229 Å². The molecule has 0 radical (unpaired) electrons. The Morgan fingerprint density at radius 1 is 1.26 bits per heavy atom. The average Bonchev–Trinajstić information content (AvgIpc) is 3.31. The average molecular weight is 537 g/mol. The van der Waals surface area contributed by atoms with Gasteiger partial charge in [-0.15, -0.1) is 0 Å². The predicted molar refractivity (Wildman–Crippen MR) is 148 cm³/mol. The number of benzene rings is 1. The fourth-order valence-electron chi connectivity index (χ4n) is 6.07. The second kappa shape index (κ2) is 11.2. The minimum atomic E-state index is -0.439. The van der Waals surface area contributed by atoms with E-state index in [-0.39, 0.29) is 35.5 Å². The van der Waals surface area contributed by atoms with Crippen molar-refractivity contribution in [3.63, 3.8) is 0 Å². The quantitative estimate of drug-likeness (QED) is 0.444. The molecule has 1 saturated heterocycles. The van der Waals surface area contributed by atoms with E-state index < -0.39 is 6.04 Å². The molecule has 2 bridgehead atoms. The molecule has 3 heterocycles. The van der Waals surface area contributed by atoms with Crippen LogP contribution in [0.2, 0.25) is 0 Å². The first-order valence-corrected chi connectivity index (χ1v) is 14.2. The molecule has 3 atom stereocenters. The smallest absolute Gasteiger partial charge is 0.245 e. The van der Waals surface area contributed by atoms with E-state index in [0.29, 0.717) is 62.0 Å². The van der Waals surface area contributed by atoms with E-state index >= 15 is 0 Å². The van der Waals surface area contributed by atoms with Crippen LogP contribution in [0.1, 0.15) is 69.4 Å². The summed E-state index contributed by atoms with van der Waals surface area (Å²) >= 11 is 0. The van der Waals surface area contributed by atoms with Crippen molar-refractivity contribution in [1.82, 2.24) is 20.0 Å². The molecule has 2 fully saturated rings. The molecule has 1 N–H and O–H groups in total. The maximum absolute atomic E-state index is 13.9. The summed E-state index contributed by atoms with van der Waals surface area (Å²) in [5.41, 5.74) is 1.84. The van der Waals surface area contributed by atoms with Gasteiger partial charge in [0, 0.05) is 36.7 Å².